The standard InChI is InChI=1S/C13H16BrFN2O2/c14-11-9-10(1-2-12(11)15)19-8-3-13(18)17-6-4-16-5-7-17/h1-2,9,16H,3-8H2. The number of carbonyl (C=O) groups excluding carboxylic acids is 1. The molecule has 1 aliphatic heterocycles. The van der Waals surface area contributed by atoms with Crippen LogP contribution in [-0.2, 0) is 4.79 Å². The highest BCUT2D eigenvalue weighted by Gasteiger charge is 2.15. The Morgan fingerprint density at radius 1 is 1.42 bits per heavy atom. The highest BCUT2D eigenvalue weighted by atomic mass is 79.9. The second-order valence-corrected chi connectivity index (χ2v) is 5.16. The van der Waals surface area contributed by atoms with E-state index in [2.05, 4.69) is 21.2 Å². The van der Waals surface area contributed by atoms with Gasteiger partial charge in [-0.25, -0.2) is 4.39 Å². The van der Waals surface area contributed by atoms with Crippen LogP contribution in [0.4, 0.5) is 4.39 Å². The summed E-state index contributed by atoms with van der Waals surface area (Å²) >= 11 is 3.09. The van der Waals surface area contributed by atoms with Gasteiger partial charge in [0.25, 0.3) is 0 Å². The number of nitrogens with zero attached hydrogens (tertiary/aromatic N) is 1. The van der Waals surface area contributed by atoms with E-state index < -0.39 is 0 Å². The molecule has 0 bridgehead atoms. The molecule has 4 nitrogen and oxygen atoms in total. The largest absolute Gasteiger partial charge is 0.493 e. The van der Waals surface area contributed by atoms with Gasteiger partial charge in [-0.2, -0.15) is 0 Å². The number of hydrogen-bond acceptors (Lipinski definition) is 3. The molecule has 0 radical (unpaired) electrons. The maximum absolute atomic E-state index is 13.0. The van der Waals surface area contributed by atoms with Crippen LogP contribution in [0.5, 0.6) is 5.75 Å². The number of ether oxygens (including phenoxy) is 1. The summed E-state index contributed by atoms with van der Waals surface area (Å²) in [6, 6.07) is 4.44. The quantitative estimate of drug-likeness (QED) is 0.915. The number of halogens is 2. The lowest BCUT2D eigenvalue weighted by Crippen LogP contribution is -2.46. The van der Waals surface area contributed by atoms with Crippen molar-refractivity contribution in [2.45, 2.75) is 6.42 Å². The molecule has 1 fully saturated rings. The summed E-state index contributed by atoms with van der Waals surface area (Å²) in [5.41, 5.74) is 0. The molecule has 19 heavy (non-hydrogen) atoms. The second-order valence-electron chi connectivity index (χ2n) is 4.31. The second kappa shape index (κ2) is 6.86. The van der Waals surface area contributed by atoms with E-state index in [0.717, 1.165) is 26.2 Å². The molecule has 2 rings (SSSR count). The molecule has 0 saturated carbocycles. The molecular formula is C13H16BrFN2O2. The predicted octanol–water partition coefficient (Wildman–Crippen LogP) is 1.79. The first-order chi connectivity index (χ1) is 9.16. The van der Waals surface area contributed by atoms with Gasteiger partial charge in [0.05, 0.1) is 17.5 Å². The van der Waals surface area contributed by atoms with Gasteiger partial charge in [0, 0.05) is 26.2 Å². The van der Waals surface area contributed by atoms with E-state index in [1.807, 2.05) is 4.90 Å². The van der Waals surface area contributed by atoms with E-state index in [9.17, 15) is 9.18 Å². The highest BCUT2D eigenvalue weighted by Crippen LogP contribution is 2.21. The molecular weight excluding hydrogens is 315 g/mol. The average molecular weight is 331 g/mol. The first kappa shape index (κ1) is 14.3. The zero-order valence-electron chi connectivity index (χ0n) is 10.5. The summed E-state index contributed by atoms with van der Waals surface area (Å²) in [5.74, 6) is 0.327. The Kier molecular flexibility index (Phi) is 5.15. The fraction of sp³-hybridized carbons (Fsp3) is 0.462. The van der Waals surface area contributed by atoms with E-state index in [4.69, 9.17) is 4.74 Å². The number of benzene rings is 1. The van der Waals surface area contributed by atoms with Crippen LogP contribution in [0.2, 0.25) is 0 Å². The van der Waals surface area contributed by atoms with Crippen molar-refractivity contribution in [3.63, 3.8) is 0 Å². The normalized spacial score (nSPS) is 15.4. The number of carbonyl (C=O) groups is 1. The van der Waals surface area contributed by atoms with Gasteiger partial charge >= 0.3 is 0 Å². The van der Waals surface area contributed by atoms with Gasteiger partial charge < -0.3 is 15.0 Å². The first-order valence-corrected chi connectivity index (χ1v) is 7.02. The van der Waals surface area contributed by atoms with Crippen molar-refractivity contribution in [1.29, 1.82) is 0 Å². The lowest BCUT2D eigenvalue weighted by atomic mass is 10.3. The molecule has 0 aliphatic carbocycles. The summed E-state index contributed by atoms with van der Waals surface area (Å²) in [6.07, 6.45) is 0.342. The van der Waals surface area contributed by atoms with E-state index in [1.54, 1.807) is 12.1 Å². The van der Waals surface area contributed by atoms with Crippen molar-refractivity contribution in [1.82, 2.24) is 10.2 Å². The van der Waals surface area contributed by atoms with E-state index in [-0.39, 0.29) is 11.7 Å². The minimum Gasteiger partial charge on any atom is -0.493 e. The van der Waals surface area contributed by atoms with Crippen LogP contribution in [-0.4, -0.2) is 43.6 Å². The van der Waals surface area contributed by atoms with Crippen LogP contribution < -0.4 is 10.1 Å². The summed E-state index contributed by atoms with van der Waals surface area (Å²) in [5, 5.41) is 3.20. The maximum Gasteiger partial charge on any atom is 0.226 e. The van der Waals surface area contributed by atoms with Gasteiger partial charge in [0.2, 0.25) is 5.91 Å². The Hall–Kier alpha value is -1.14. The average Bonchev–Trinajstić information content (AvgIpc) is 2.43. The maximum atomic E-state index is 13.0. The Bertz CT molecular complexity index is 450. The Morgan fingerprint density at radius 2 is 2.16 bits per heavy atom. The minimum absolute atomic E-state index is 0.0997. The molecule has 1 saturated heterocycles. The molecule has 0 unspecified atom stereocenters. The zero-order chi connectivity index (χ0) is 13.7. The minimum atomic E-state index is -0.329. The van der Waals surface area contributed by atoms with Crippen LogP contribution in [0.1, 0.15) is 6.42 Å². The predicted molar refractivity (Wildman–Crippen MR) is 73.7 cm³/mol. The monoisotopic (exact) mass is 330 g/mol. The molecule has 0 spiro atoms. The first-order valence-electron chi connectivity index (χ1n) is 6.23. The molecule has 1 aliphatic rings. The molecule has 1 aromatic carbocycles. The van der Waals surface area contributed by atoms with Crippen molar-refractivity contribution in [2.24, 2.45) is 0 Å². The fourth-order valence-corrected chi connectivity index (χ4v) is 2.25. The molecule has 104 valence electrons. The molecule has 1 amide bonds. The number of amides is 1. The molecule has 0 aromatic heterocycles. The van der Waals surface area contributed by atoms with E-state index >= 15 is 0 Å². The van der Waals surface area contributed by atoms with Gasteiger partial charge in [-0.1, -0.05) is 0 Å². The lowest BCUT2D eigenvalue weighted by Gasteiger charge is -2.27. The summed E-state index contributed by atoms with van der Waals surface area (Å²) in [7, 11) is 0. The third-order valence-corrected chi connectivity index (χ3v) is 3.55. The Balaban J connectivity index is 1.76. The van der Waals surface area contributed by atoms with Crippen molar-refractivity contribution < 1.29 is 13.9 Å². The van der Waals surface area contributed by atoms with Crippen molar-refractivity contribution in [2.75, 3.05) is 32.8 Å². The van der Waals surface area contributed by atoms with Crippen LogP contribution >= 0.6 is 15.9 Å². The lowest BCUT2D eigenvalue weighted by molar-refractivity contribution is -0.132. The van der Waals surface area contributed by atoms with E-state index in [0.29, 0.717) is 23.2 Å². The van der Waals surface area contributed by atoms with Gasteiger partial charge in [0.1, 0.15) is 11.6 Å². The van der Waals surface area contributed by atoms with E-state index in [1.165, 1.54) is 6.07 Å². The third kappa shape index (κ3) is 4.18. The third-order valence-electron chi connectivity index (χ3n) is 2.95. The fourth-order valence-electron chi connectivity index (χ4n) is 1.90. The molecule has 1 aromatic rings. The summed E-state index contributed by atoms with van der Waals surface area (Å²) in [4.78, 5) is 13.7. The van der Waals surface area contributed by atoms with Crippen molar-refractivity contribution in [3.8, 4) is 5.75 Å². The zero-order valence-corrected chi connectivity index (χ0v) is 12.1. The SMILES string of the molecule is O=C(CCOc1ccc(F)c(Br)c1)N1CCNCC1. The smallest absolute Gasteiger partial charge is 0.226 e. The van der Waals surface area contributed by atoms with Crippen LogP contribution in [0, 0.1) is 5.82 Å². The molecule has 0 atom stereocenters. The number of hydrogen-bond donors (Lipinski definition) is 1. The molecule has 1 N–H and O–H groups in total. The summed E-state index contributed by atoms with van der Waals surface area (Å²) < 4.78 is 18.8. The topological polar surface area (TPSA) is 41.6 Å². The number of nitrogens with one attached hydrogen (secondary N) is 1. The number of piperazine rings is 1. The van der Waals surface area contributed by atoms with Crippen molar-refractivity contribution in [3.05, 3.63) is 28.5 Å². The molecule has 1 heterocycles. The Labute approximate surface area is 120 Å². The van der Waals surface area contributed by atoms with Gasteiger partial charge in [-0.15, -0.1) is 0 Å². The van der Waals surface area contributed by atoms with Crippen LogP contribution in [0.25, 0.3) is 0 Å². The molecule has 6 heteroatoms. The Morgan fingerprint density at radius 3 is 2.84 bits per heavy atom. The van der Waals surface area contributed by atoms with Gasteiger partial charge in [-0.05, 0) is 34.1 Å². The number of rotatable bonds is 4. The van der Waals surface area contributed by atoms with Gasteiger partial charge in [0.15, 0.2) is 0 Å². The summed E-state index contributed by atoms with van der Waals surface area (Å²) in [6.45, 7) is 3.50. The highest BCUT2D eigenvalue weighted by molar-refractivity contribution is 9.10. The van der Waals surface area contributed by atoms with Crippen LogP contribution in [0.15, 0.2) is 22.7 Å². The van der Waals surface area contributed by atoms with Gasteiger partial charge in [-0.3, -0.25) is 4.79 Å². The van der Waals surface area contributed by atoms with Crippen LogP contribution in [0.3, 0.4) is 0 Å². The van der Waals surface area contributed by atoms with Crippen molar-refractivity contribution >= 4 is 21.8 Å².